The van der Waals surface area contributed by atoms with Crippen LogP contribution in [0.15, 0.2) is 12.1 Å². The second-order valence-electron chi connectivity index (χ2n) is 9.31. The molecule has 128 valence electrons. The molecule has 0 aliphatic carbocycles. The maximum Gasteiger partial charge on any atom is 0.123 e. The molecule has 0 aliphatic rings. The Morgan fingerprint density at radius 3 is 1.36 bits per heavy atom. The first-order valence-electron chi connectivity index (χ1n) is 7.79. The van der Waals surface area contributed by atoms with Crippen LogP contribution >= 0.6 is 12.4 Å². The first-order valence-corrected chi connectivity index (χ1v) is 7.79. The summed E-state index contributed by atoms with van der Waals surface area (Å²) in [5.74, 6) is 0.417. The summed E-state index contributed by atoms with van der Waals surface area (Å²) in [5.41, 5.74) is 9.29. The molecular formula is C19H34ClNO. The number of halogens is 1. The van der Waals surface area contributed by atoms with E-state index in [1.165, 1.54) is 0 Å². The lowest BCUT2D eigenvalue weighted by atomic mass is 9.75. The lowest BCUT2D eigenvalue weighted by molar-refractivity contribution is 0.325. The summed E-state index contributed by atoms with van der Waals surface area (Å²) in [6.45, 7) is 19.2. The number of hydrogen-bond acceptors (Lipinski definition) is 2. The molecule has 2 nitrogen and oxygen atoms in total. The van der Waals surface area contributed by atoms with Crippen molar-refractivity contribution in [2.45, 2.75) is 79.2 Å². The lowest BCUT2D eigenvalue weighted by Crippen LogP contribution is -2.28. The molecular weight excluding hydrogens is 294 g/mol. The monoisotopic (exact) mass is 327 g/mol. The molecule has 0 amide bonds. The van der Waals surface area contributed by atoms with Crippen LogP contribution in [0.5, 0.6) is 5.75 Å². The molecule has 0 aromatic heterocycles. The zero-order chi connectivity index (χ0) is 16.8. The van der Waals surface area contributed by atoms with Gasteiger partial charge in [-0.05, 0) is 45.1 Å². The van der Waals surface area contributed by atoms with Crippen LogP contribution in [0.4, 0.5) is 0 Å². The van der Waals surface area contributed by atoms with Gasteiger partial charge in [0.25, 0.3) is 0 Å². The largest absolute Gasteiger partial charge is 0.507 e. The molecule has 1 aromatic carbocycles. The van der Waals surface area contributed by atoms with Gasteiger partial charge in [-0.25, -0.2) is 0 Å². The van der Waals surface area contributed by atoms with Gasteiger partial charge in [-0.3, -0.25) is 0 Å². The van der Waals surface area contributed by atoms with E-state index in [9.17, 15) is 5.11 Å². The van der Waals surface area contributed by atoms with Gasteiger partial charge in [0.1, 0.15) is 5.75 Å². The van der Waals surface area contributed by atoms with Gasteiger partial charge in [-0.15, -0.1) is 12.4 Å². The van der Waals surface area contributed by atoms with E-state index in [2.05, 4.69) is 74.4 Å². The molecule has 22 heavy (non-hydrogen) atoms. The van der Waals surface area contributed by atoms with Gasteiger partial charge in [0.05, 0.1) is 0 Å². The Morgan fingerprint density at radius 2 is 1.14 bits per heavy atom. The molecule has 3 N–H and O–H groups in total. The van der Waals surface area contributed by atoms with Gasteiger partial charge < -0.3 is 10.8 Å². The molecule has 0 radical (unpaired) electrons. The smallest absolute Gasteiger partial charge is 0.123 e. The van der Waals surface area contributed by atoms with Gasteiger partial charge in [0.15, 0.2) is 0 Å². The Bertz CT molecular complexity index is 481. The average molecular weight is 328 g/mol. The van der Waals surface area contributed by atoms with Crippen LogP contribution < -0.4 is 5.73 Å². The third kappa shape index (κ3) is 4.63. The van der Waals surface area contributed by atoms with Crippen LogP contribution in [0.3, 0.4) is 0 Å². The minimum Gasteiger partial charge on any atom is -0.507 e. The molecule has 0 saturated carbocycles. The van der Waals surface area contributed by atoms with Crippen LogP contribution in [0.1, 0.15) is 85.0 Å². The van der Waals surface area contributed by atoms with Gasteiger partial charge in [-0.2, -0.15) is 0 Å². The molecule has 0 heterocycles. The number of nitrogens with two attached hydrogens (primary N) is 1. The van der Waals surface area contributed by atoms with Crippen LogP contribution in [0, 0.1) is 5.41 Å². The minimum atomic E-state index is -0.113. The molecule has 0 fully saturated rings. The van der Waals surface area contributed by atoms with Crippen molar-refractivity contribution in [3.8, 4) is 5.75 Å². The van der Waals surface area contributed by atoms with Gasteiger partial charge in [0, 0.05) is 6.04 Å². The maximum atomic E-state index is 10.7. The molecule has 0 saturated heterocycles. The average Bonchev–Trinajstić information content (AvgIpc) is 2.23. The number of hydrogen-bond donors (Lipinski definition) is 2. The predicted octanol–water partition coefficient (Wildman–Crippen LogP) is 5.45. The molecule has 0 unspecified atom stereocenters. The molecule has 0 aliphatic heterocycles. The highest BCUT2D eigenvalue weighted by Gasteiger charge is 2.30. The number of phenolic OH excluding ortho intramolecular Hbond substituents is 1. The molecule has 1 rings (SSSR count). The second-order valence-corrected chi connectivity index (χ2v) is 9.31. The van der Waals surface area contributed by atoms with Gasteiger partial charge >= 0.3 is 0 Å². The fourth-order valence-electron chi connectivity index (χ4n) is 2.48. The van der Waals surface area contributed by atoms with Gasteiger partial charge in [0.2, 0.25) is 0 Å². The summed E-state index contributed by atoms with van der Waals surface area (Å²) in [5, 5.41) is 10.7. The van der Waals surface area contributed by atoms with Crippen molar-refractivity contribution in [1.29, 1.82) is 0 Å². The highest BCUT2D eigenvalue weighted by molar-refractivity contribution is 5.85. The summed E-state index contributed by atoms with van der Waals surface area (Å²) < 4.78 is 0. The van der Waals surface area contributed by atoms with Crippen molar-refractivity contribution < 1.29 is 5.11 Å². The van der Waals surface area contributed by atoms with Crippen molar-refractivity contribution in [3.63, 3.8) is 0 Å². The number of phenols is 1. The Balaban J connectivity index is 0.00000441. The second kappa shape index (κ2) is 6.41. The van der Waals surface area contributed by atoms with E-state index >= 15 is 0 Å². The Morgan fingerprint density at radius 1 is 0.818 bits per heavy atom. The normalized spacial score (nSPS) is 14.5. The molecule has 1 aromatic rings. The summed E-state index contributed by atoms with van der Waals surface area (Å²) in [7, 11) is 0. The third-order valence-electron chi connectivity index (χ3n) is 4.04. The van der Waals surface area contributed by atoms with Crippen LogP contribution in [-0.2, 0) is 10.8 Å². The van der Waals surface area contributed by atoms with Crippen LogP contribution in [0.2, 0.25) is 0 Å². The highest BCUT2D eigenvalue weighted by Crippen LogP contribution is 2.42. The standard InChI is InChI=1S/C19H33NO.ClH/c1-17(2,3)13-10-12(16(20)19(7,8)9)11-14(15(13)21)18(4,5)6;/h10-11,16,21H,20H2,1-9H3;1H/t16-;/m1./s1. The van der Waals surface area contributed by atoms with E-state index in [0.717, 1.165) is 16.7 Å². The van der Waals surface area contributed by atoms with Crippen LogP contribution in [0.25, 0.3) is 0 Å². The maximum absolute atomic E-state index is 10.7. The van der Waals surface area contributed by atoms with Crippen molar-refractivity contribution in [1.82, 2.24) is 0 Å². The van der Waals surface area contributed by atoms with E-state index in [1.807, 2.05) is 0 Å². The minimum absolute atomic E-state index is 0. The quantitative estimate of drug-likeness (QED) is 0.720. The Hall–Kier alpha value is -0.730. The topological polar surface area (TPSA) is 46.2 Å². The van der Waals surface area contributed by atoms with Crippen molar-refractivity contribution >= 4 is 12.4 Å². The summed E-state index contributed by atoms with van der Waals surface area (Å²) in [4.78, 5) is 0. The molecule has 3 heteroatoms. The van der Waals surface area contributed by atoms with Gasteiger partial charge in [-0.1, -0.05) is 62.3 Å². The summed E-state index contributed by atoms with van der Waals surface area (Å²) >= 11 is 0. The van der Waals surface area contributed by atoms with Crippen molar-refractivity contribution in [2.24, 2.45) is 11.1 Å². The SMILES string of the molecule is CC(C)(C)c1cc([C@@H](N)C(C)(C)C)cc(C(C)(C)C)c1O.Cl. The zero-order valence-electron chi connectivity index (χ0n) is 15.7. The third-order valence-corrected chi connectivity index (χ3v) is 4.04. The van der Waals surface area contributed by atoms with Crippen molar-refractivity contribution in [2.75, 3.05) is 0 Å². The lowest BCUT2D eigenvalue weighted by Gasteiger charge is -2.32. The highest BCUT2D eigenvalue weighted by atomic mass is 35.5. The summed E-state index contributed by atoms with van der Waals surface area (Å²) in [6.07, 6.45) is 0. The number of benzene rings is 1. The Labute approximate surface area is 142 Å². The first kappa shape index (κ1) is 21.3. The fourth-order valence-corrected chi connectivity index (χ4v) is 2.48. The van der Waals surface area contributed by atoms with E-state index < -0.39 is 0 Å². The molecule has 0 bridgehead atoms. The van der Waals surface area contributed by atoms with Crippen LogP contribution in [-0.4, -0.2) is 5.11 Å². The molecule has 1 atom stereocenters. The zero-order valence-corrected chi connectivity index (χ0v) is 16.5. The predicted molar refractivity (Wildman–Crippen MR) is 99.1 cm³/mol. The molecule has 0 spiro atoms. The van der Waals surface area contributed by atoms with Crippen molar-refractivity contribution in [3.05, 3.63) is 28.8 Å². The van der Waals surface area contributed by atoms with E-state index in [-0.39, 0.29) is 34.7 Å². The van der Waals surface area contributed by atoms with E-state index in [4.69, 9.17) is 5.73 Å². The number of rotatable bonds is 1. The summed E-state index contributed by atoms with van der Waals surface area (Å²) in [6, 6.07) is 4.11. The fraction of sp³-hybridized carbons (Fsp3) is 0.684. The van der Waals surface area contributed by atoms with E-state index in [1.54, 1.807) is 0 Å². The van der Waals surface area contributed by atoms with E-state index in [0.29, 0.717) is 5.75 Å². The first-order chi connectivity index (χ1) is 9.15. The Kier molecular flexibility index (Phi) is 6.20. The number of aromatic hydroxyl groups is 1.